The molecule has 1 aliphatic rings. The third-order valence-corrected chi connectivity index (χ3v) is 4.99. The Hall–Kier alpha value is -3.30. The third-order valence-electron chi connectivity index (χ3n) is 4.99. The highest BCUT2D eigenvalue weighted by molar-refractivity contribution is 5.97. The summed E-state index contributed by atoms with van der Waals surface area (Å²) in [6.07, 6.45) is 1.47. The number of anilines is 1. The van der Waals surface area contributed by atoms with E-state index in [0.29, 0.717) is 18.8 Å². The lowest BCUT2D eigenvalue weighted by Gasteiger charge is -2.34. The predicted molar refractivity (Wildman–Crippen MR) is 113 cm³/mol. The molecule has 1 heterocycles. The van der Waals surface area contributed by atoms with Crippen LogP contribution in [0.5, 0.6) is 5.75 Å². The fourth-order valence-electron chi connectivity index (χ4n) is 3.35. The molecule has 1 aliphatic heterocycles. The molecular formula is C23H26N4O2. The lowest BCUT2D eigenvalue weighted by atomic mass is 10.2. The number of benzene rings is 2. The molecule has 2 aromatic carbocycles. The van der Waals surface area contributed by atoms with Gasteiger partial charge in [0.2, 0.25) is 0 Å². The minimum atomic E-state index is -0.244. The highest BCUT2D eigenvalue weighted by Crippen LogP contribution is 2.25. The molecule has 6 nitrogen and oxygen atoms in total. The van der Waals surface area contributed by atoms with Crippen LogP contribution < -0.4 is 10.1 Å². The van der Waals surface area contributed by atoms with E-state index in [0.717, 1.165) is 30.9 Å². The molecule has 1 N–H and O–H groups in total. The van der Waals surface area contributed by atoms with Crippen LogP contribution in [0.15, 0.2) is 60.3 Å². The van der Waals surface area contributed by atoms with Gasteiger partial charge in [0.15, 0.2) is 0 Å². The minimum Gasteiger partial charge on any atom is -0.495 e. The highest BCUT2D eigenvalue weighted by atomic mass is 16.5. The van der Waals surface area contributed by atoms with E-state index in [2.05, 4.69) is 22.3 Å². The van der Waals surface area contributed by atoms with E-state index in [1.807, 2.05) is 49.4 Å². The van der Waals surface area contributed by atoms with E-state index in [-0.39, 0.29) is 11.5 Å². The Morgan fingerprint density at radius 1 is 1.17 bits per heavy atom. The molecule has 0 atom stereocenters. The summed E-state index contributed by atoms with van der Waals surface area (Å²) in [5.41, 5.74) is 3.13. The van der Waals surface area contributed by atoms with Crippen molar-refractivity contribution in [2.24, 2.45) is 0 Å². The van der Waals surface area contributed by atoms with Crippen LogP contribution in [0.1, 0.15) is 11.1 Å². The van der Waals surface area contributed by atoms with E-state index in [1.165, 1.54) is 11.8 Å². The van der Waals surface area contributed by atoms with E-state index < -0.39 is 0 Å². The van der Waals surface area contributed by atoms with Crippen LogP contribution in [0.3, 0.4) is 0 Å². The van der Waals surface area contributed by atoms with Gasteiger partial charge < -0.3 is 15.0 Å². The molecule has 0 radical (unpaired) electrons. The molecule has 150 valence electrons. The van der Waals surface area contributed by atoms with Crippen molar-refractivity contribution in [1.29, 1.82) is 5.26 Å². The number of aryl methyl sites for hydroxylation is 1. The van der Waals surface area contributed by atoms with Gasteiger partial charge in [0.25, 0.3) is 5.91 Å². The first-order chi connectivity index (χ1) is 14.1. The largest absolute Gasteiger partial charge is 0.495 e. The number of ether oxygens (including phenoxy) is 1. The minimum absolute atomic E-state index is 0.0880. The number of carbonyl (C=O) groups excluding carboxylic acids is 1. The number of hydrogen-bond donors (Lipinski definition) is 1. The molecule has 0 spiro atoms. The quantitative estimate of drug-likeness (QED) is 0.606. The first-order valence-electron chi connectivity index (χ1n) is 9.67. The van der Waals surface area contributed by atoms with Gasteiger partial charge in [-0.1, -0.05) is 36.4 Å². The van der Waals surface area contributed by atoms with Crippen molar-refractivity contribution >= 4 is 11.6 Å². The second kappa shape index (κ2) is 9.76. The fourth-order valence-corrected chi connectivity index (χ4v) is 3.35. The summed E-state index contributed by atoms with van der Waals surface area (Å²) in [5.74, 6) is 0.414. The lowest BCUT2D eigenvalue weighted by molar-refractivity contribution is -0.128. The summed E-state index contributed by atoms with van der Waals surface area (Å²) in [7, 11) is 1.59. The molecule has 6 heteroatoms. The summed E-state index contributed by atoms with van der Waals surface area (Å²) in [6, 6.07) is 18.0. The zero-order valence-corrected chi connectivity index (χ0v) is 16.9. The van der Waals surface area contributed by atoms with E-state index in [1.54, 1.807) is 12.0 Å². The van der Waals surface area contributed by atoms with Gasteiger partial charge in [0.1, 0.15) is 17.4 Å². The third kappa shape index (κ3) is 5.37. The van der Waals surface area contributed by atoms with E-state index in [9.17, 15) is 10.1 Å². The number of hydrogen-bond acceptors (Lipinski definition) is 5. The summed E-state index contributed by atoms with van der Waals surface area (Å²) in [5, 5.41) is 12.5. The molecule has 3 rings (SSSR count). The van der Waals surface area contributed by atoms with Gasteiger partial charge in [-0.2, -0.15) is 5.26 Å². The molecule has 2 aromatic rings. The lowest BCUT2D eigenvalue weighted by Crippen LogP contribution is -2.48. The standard InChI is InChI=1S/C23H26N4O2/c1-18-8-9-22(29-2)21(14-18)25-16-20(15-24)23(28)27-12-10-26(11-13-27)17-19-6-4-3-5-7-19/h3-9,14,16,25H,10-13,17H2,1-2H3/b20-16-. The van der Waals surface area contributed by atoms with Crippen LogP contribution >= 0.6 is 0 Å². The maximum atomic E-state index is 12.8. The molecule has 1 amide bonds. The summed E-state index contributed by atoms with van der Waals surface area (Å²) < 4.78 is 5.33. The van der Waals surface area contributed by atoms with Crippen molar-refractivity contribution in [3.8, 4) is 11.8 Å². The summed E-state index contributed by atoms with van der Waals surface area (Å²) in [4.78, 5) is 16.8. The van der Waals surface area contributed by atoms with Gasteiger partial charge in [-0.05, 0) is 30.2 Å². The van der Waals surface area contributed by atoms with E-state index >= 15 is 0 Å². The first-order valence-corrected chi connectivity index (χ1v) is 9.67. The van der Waals surface area contributed by atoms with Crippen LogP contribution in [0.4, 0.5) is 5.69 Å². The Labute approximate surface area is 172 Å². The van der Waals surface area contributed by atoms with Crippen molar-refractivity contribution in [2.45, 2.75) is 13.5 Å². The molecule has 1 saturated heterocycles. The van der Waals surface area contributed by atoms with Crippen molar-refractivity contribution in [3.63, 3.8) is 0 Å². The normalized spacial score (nSPS) is 14.9. The van der Waals surface area contributed by atoms with Crippen molar-refractivity contribution in [3.05, 3.63) is 71.4 Å². The van der Waals surface area contributed by atoms with Crippen molar-refractivity contribution < 1.29 is 9.53 Å². The Morgan fingerprint density at radius 3 is 2.55 bits per heavy atom. The highest BCUT2D eigenvalue weighted by Gasteiger charge is 2.23. The van der Waals surface area contributed by atoms with Gasteiger partial charge >= 0.3 is 0 Å². The smallest absolute Gasteiger partial charge is 0.266 e. The number of nitrogens with one attached hydrogen (secondary N) is 1. The number of amides is 1. The van der Waals surface area contributed by atoms with Crippen LogP contribution in [0, 0.1) is 18.3 Å². The number of methoxy groups -OCH3 is 1. The van der Waals surface area contributed by atoms with Crippen LogP contribution in [0.25, 0.3) is 0 Å². The first kappa shape index (κ1) is 20.4. The SMILES string of the molecule is COc1ccc(C)cc1N/C=C(/C#N)C(=O)N1CCN(Cc2ccccc2)CC1. The van der Waals surface area contributed by atoms with Gasteiger partial charge in [-0.15, -0.1) is 0 Å². The molecule has 0 unspecified atom stereocenters. The molecule has 0 aliphatic carbocycles. The number of rotatable bonds is 6. The Morgan fingerprint density at radius 2 is 1.90 bits per heavy atom. The average Bonchev–Trinajstić information content (AvgIpc) is 2.75. The van der Waals surface area contributed by atoms with Crippen molar-refractivity contribution in [2.75, 3.05) is 38.6 Å². The zero-order valence-electron chi connectivity index (χ0n) is 16.9. The van der Waals surface area contributed by atoms with E-state index in [4.69, 9.17) is 4.74 Å². The number of nitriles is 1. The number of piperazine rings is 1. The Balaban J connectivity index is 1.60. The van der Waals surface area contributed by atoms with Crippen molar-refractivity contribution in [1.82, 2.24) is 9.80 Å². The topological polar surface area (TPSA) is 68.6 Å². The van der Waals surface area contributed by atoms with Crippen LogP contribution in [-0.2, 0) is 11.3 Å². The second-order valence-corrected chi connectivity index (χ2v) is 7.07. The zero-order chi connectivity index (χ0) is 20.6. The predicted octanol–water partition coefficient (Wildman–Crippen LogP) is 3.17. The molecule has 29 heavy (non-hydrogen) atoms. The molecule has 0 bridgehead atoms. The Kier molecular flexibility index (Phi) is 6.88. The molecule has 1 fully saturated rings. The van der Waals surface area contributed by atoms with Gasteiger partial charge in [-0.3, -0.25) is 9.69 Å². The summed E-state index contributed by atoms with van der Waals surface area (Å²) in [6.45, 7) is 5.64. The molecule has 0 saturated carbocycles. The number of carbonyl (C=O) groups is 1. The average molecular weight is 390 g/mol. The van der Waals surface area contributed by atoms with Crippen LogP contribution in [-0.4, -0.2) is 49.0 Å². The van der Waals surface area contributed by atoms with Crippen LogP contribution in [0.2, 0.25) is 0 Å². The molecule has 0 aromatic heterocycles. The summed E-state index contributed by atoms with van der Waals surface area (Å²) >= 11 is 0. The fraction of sp³-hybridized carbons (Fsp3) is 0.304. The monoisotopic (exact) mass is 390 g/mol. The maximum Gasteiger partial charge on any atom is 0.266 e. The second-order valence-electron chi connectivity index (χ2n) is 7.07. The van der Waals surface area contributed by atoms with Gasteiger partial charge in [0, 0.05) is 38.9 Å². The maximum absolute atomic E-state index is 12.8. The Bertz CT molecular complexity index is 910. The van der Waals surface area contributed by atoms with Gasteiger partial charge in [-0.25, -0.2) is 0 Å². The van der Waals surface area contributed by atoms with Gasteiger partial charge in [0.05, 0.1) is 12.8 Å². The number of nitrogens with zero attached hydrogens (tertiary/aromatic N) is 3. The molecular weight excluding hydrogens is 364 g/mol.